The molecule has 5 heteroatoms. The third-order valence-electron chi connectivity index (χ3n) is 2.90. The van der Waals surface area contributed by atoms with Crippen molar-refractivity contribution >= 4 is 17.9 Å². The van der Waals surface area contributed by atoms with E-state index in [1.54, 1.807) is 43.7 Å². The molecule has 0 saturated carbocycles. The molecule has 21 heavy (non-hydrogen) atoms. The number of para-hydroxylation sites is 1. The number of carbonyl (C=O) groups is 2. The maximum Gasteiger partial charge on any atom is 0.248 e. The highest BCUT2D eigenvalue weighted by molar-refractivity contribution is 6.02. The van der Waals surface area contributed by atoms with Crippen LogP contribution in [0.2, 0.25) is 0 Å². The fraction of sp³-hybridized carbons (Fsp3) is 0.125. The van der Waals surface area contributed by atoms with Crippen molar-refractivity contribution < 1.29 is 14.3 Å². The molecule has 1 aromatic rings. The fourth-order valence-corrected chi connectivity index (χ4v) is 1.79. The second-order valence-electron chi connectivity index (χ2n) is 4.35. The van der Waals surface area contributed by atoms with Gasteiger partial charge in [0.25, 0.3) is 0 Å². The van der Waals surface area contributed by atoms with Crippen LogP contribution in [0.1, 0.15) is 10.4 Å². The summed E-state index contributed by atoms with van der Waals surface area (Å²) in [5.74, 6) is -0.299. The van der Waals surface area contributed by atoms with E-state index >= 15 is 0 Å². The molecule has 1 aromatic carbocycles. The van der Waals surface area contributed by atoms with E-state index in [1.165, 1.54) is 6.08 Å². The van der Waals surface area contributed by atoms with Gasteiger partial charge in [0.2, 0.25) is 5.91 Å². The lowest BCUT2D eigenvalue weighted by atomic mass is 10.2. The molecule has 5 nitrogen and oxygen atoms in total. The highest BCUT2D eigenvalue weighted by atomic mass is 16.5. The van der Waals surface area contributed by atoms with Crippen LogP contribution < -0.4 is 10.6 Å². The van der Waals surface area contributed by atoms with Crippen LogP contribution in [0.4, 0.5) is 5.69 Å². The zero-order valence-corrected chi connectivity index (χ0v) is 11.6. The predicted octanol–water partition coefficient (Wildman–Crippen LogP) is 2.01. The number of aldehydes is 1. The van der Waals surface area contributed by atoms with E-state index in [9.17, 15) is 9.59 Å². The number of ether oxygens (including phenoxy) is 1. The number of amides is 1. The minimum Gasteiger partial charge on any atom is -0.362 e. The predicted molar refractivity (Wildman–Crippen MR) is 80.8 cm³/mol. The Morgan fingerprint density at radius 3 is 2.86 bits per heavy atom. The Balaban J connectivity index is 1.96. The summed E-state index contributed by atoms with van der Waals surface area (Å²) in [6, 6.07) is 6.83. The summed E-state index contributed by atoms with van der Waals surface area (Å²) in [4.78, 5) is 22.7. The van der Waals surface area contributed by atoms with Crippen molar-refractivity contribution in [2.24, 2.45) is 0 Å². The number of benzene rings is 1. The van der Waals surface area contributed by atoms with Gasteiger partial charge in [-0.25, -0.2) is 0 Å². The average Bonchev–Trinajstić information content (AvgIpc) is 2.54. The number of allylic oxidation sites excluding steroid dienone is 3. The zero-order chi connectivity index (χ0) is 15.1. The molecule has 0 fully saturated rings. The number of hydrogen-bond acceptors (Lipinski definition) is 4. The third kappa shape index (κ3) is 4.15. The van der Waals surface area contributed by atoms with Gasteiger partial charge in [0.15, 0.2) is 6.29 Å². The summed E-state index contributed by atoms with van der Waals surface area (Å²) in [5, 5.41) is 5.68. The molecule has 1 unspecified atom stereocenters. The maximum atomic E-state index is 11.8. The minimum absolute atomic E-state index is 0.143. The smallest absolute Gasteiger partial charge is 0.248 e. The van der Waals surface area contributed by atoms with Crippen LogP contribution in [0, 0.1) is 0 Å². The Morgan fingerprint density at radius 1 is 1.38 bits per heavy atom. The van der Waals surface area contributed by atoms with Gasteiger partial charge < -0.3 is 15.4 Å². The van der Waals surface area contributed by atoms with E-state index in [4.69, 9.17) is 4.74 Å². The van der Waals surface area contributed by atoms with Crippen molar-refractivity contribution in [1.29, 1.82) is 0 Å². The fourth-order valence-electron chi connectivity index (χ4n) is 1.79. The Bertz CT molecular complexity index is 618. The second kappa shape index (κ2) is 7.21. The van der Waals surface area contributed by atoms with Crippen molar-refractivity contribution in [3.05, 3.63) is 65.9 Å². The van der Waals surface area contributed by atoms with Crippen molar-refractivity contribution in [2.75, 3.05) is 12.4 Å². The van der Waals surface area contributed by atoms with E-state index in [0.717, 1.165) is 5.57 Å². The summed E-state index contributed by atoms with van der Waals surface area (Å²) in [7, 11) is 1.61. The molecule has 1 atom stereocenters. The minimum atomic E-state index is -0.299. The van der Waals surface area contributed by atoms with Crippen molar-refractivity contribution in [2.45, 2.75) is 6.23 Å². The quantitative estimate of drug-likeness (QED) is 0.641. The van der Waals surface area contributed by atoms with Gasteiger partial charge in [-0.3, -0.25) is 9.59 Å². The molecule has 0 bridgehead atoms. The van der Waals surface area contributed by atoms with E-state index in [-0.39, 0.29) is 12.1 Å². The van der Waals surface area contributed by atoms with E-state index < -0.39 is 0 Å². The van der Waals surface area contributed by atoms with Gasteiger partial charge in [-0.1, -0.05) is 18.2 Å². The van der Waals surface area contributed by atoms with Crippen LogP contribution in [-0.4, -0.2) is 25.5 Å². The van der Waals surface area contributed by atoms with Gasteiger partial charge in [0.1, 0.15) is 6.23 Å². The van der Waals surface area contributed by atoms with Gasteiger partial charge in [-0.2, -0.15) is 0 Å². The maximum absolute atomic E-state index is 11.8. The molecule has 1 heterocycles. The van der Waals surface area contributed by atoms with Crippen molar-refractivity contribution in [3.8, 4) is 0 Å². The van der Waals surface area contributed by atoms with Crippen LogP contribution in [0.3, 0.4) is 0 Å². The number of methoxy groups -OCH3 is 1. The van der Waals surface area contributed by atoms with Gasteiger partial charge in [-0.15, -0.1) is 0 Å². The largest absolute Gasteiger partial charge is 0.362 e. The molecule has 1 aliphatic rings. The number of rotatable bonds is 5. The van der Waals surface area contributed by atoms with Gasteiger partial charge in [0.05, 0.1) is 5.69 Å². The van der Waals surface area contributed by atoms with Gasteiger partial charge in [0, 0.05) is 24.9 Å². The van der Waals surface area contributed by atoms with Crippen molar-refractivity contribution in [3.63, 3.8) is 0 Å². The first-order chi connectivity index (χ1) is 10.2. The molecule has 2 rings (SSSR count). The Hall–Kier alpha value is -2.66. The summed E-state index contributed by atoms with van der Waals surface area (Å²) in [6.07, 6.45) is 9.11. The standard InChI is InChI=1S/C16H16N2O3/c1-21-16-9-7-12(10-17-16)6-8-15(20)18-14-5-3-2-4-13(14)11-19/h2-11,16-17H,1H3,(H,18,20)/b8-6+. The van der Waals surface area contributed by atoms with Crippen LogP contribution in [0.25, 0.3) is 0 Å². The molecular weight excluding hydrogens is 268 g/mol. The van der Waals surface area contributed by atoms with E-state index in [2.05, 4.69) is 10.6 Å². The van der Waals surface area contributed by atoms with Crippen LogP contribution in [0.5, 0.6) is 0 Å². The lowest BCUT2D eigenvalue weighted by Gasteiger charge is -2.15. The summed E-state index contributed by atoms with van der Waals surface area (Å²) < 4.78 is 5.09. The zero-order valence-electron chi connectivity index (χ0n) is 11.6. The topological polar surface area (TPSA) is 67.4 Å². The van der Waals surface area contributed by atoms with Crippen LogP contribution >= 0.6 is 0 Å². The van der Waals surface area contributed by atoms with E-state index in [1.807, 2.05) is 12.2 Å². The number of nitrogens with one attached hydrogen (secondary N) is 2. The van der Waals surface area contributed by atoms with E-state index in [0.29, 0.717) is 17.5 Å². The molecule has 108 valence electrons. The normalized spacial score (nSPS) is 17.2. The number of hydrogen-bond donors (Lipinski definition) is 2. The van der Waals surface area contributed by atoms with Crippen molar-refractivity contribution in [1.82, 2.24) is 5.32 Å². The summed E-state index contributed by atoms with van der Waals surface area (Å²) >= 11 is 0. The monoisotopic (exact) mass is 284 g/mol. The molecular formula is C16H16N2O3. The molecule has 0 aliphatic carbocycles. The number of carbonyl (C=O) groups excluding carboxylic acids is 2. The third-order valence-corrected chi connectivity index (χ3v) is 2.90. The van der Waals surface area contributed by atoms with Gasteiger partial charge in [-0.05, 0) is 29.9 Å². The first-order valence-electron chi connectivity index (χ1n) is 6.43. The van der Waals surface area contributed by atoms with Gasteiger partial charge >= 0.3 is 0 Å². The first kappa shape index (κ1) is 14.7. The molecule has 1 aliphatic heterocycles. The first-order valence-corrected chi connectivity index (χ1v) is 6.43. The molecule has 0 spiro atoms. The summed E-state index contributed by atoms with van der Waals surface area (Å²) in [5.41, 5.74) is 1.79. The molecule has 0 aromatic heterocycles. The lowest BCUT2D eigenvalue weighted by Crippen LogP contribution is -2.26. The highest BCUT2D eigenvalue weighted by Crippen LogP contribution is 2.12. The SMILES string of the molecule is COC1C=CC(/C=C/C(=O)Nc2ccccc2C=O)=CN1. The molecule has 0 radical (unpaired) electrons. The van der Waals surface area contributed by atoms with Crippen LogP contribution in [-0.2, 0) is 9.53 Å². The lowest BCUT2D eigenvalue weighted by molar-refractivity contribution is -0.111. The number of dihydropyridines is 1. The number of anilines is 1. The Morgan fingerprint density at radius 2 is 2.19 bits per heavy atom. The molecule has 2 N–H and O–H groups in total. The average molecular weight is 284 g/mol. The summed E-state index contributed by atoms with van der Waals surface area (Å²) in [6.45, 7) is 0. The Kier molecular flexibility index (Phi) is 5.06. The molecule has 0 saturated heterocycles. The Labute approximate surface area is 123 Å². The van der Waals surface area contributed by atoms with Crippen LogP contribution in [0.15, 0.2) is 60.3 Å². The highest BCUT2D eigenvalue weighted by Gasteiger charge is 2.05. The second-order valence-corrected chi connectivity index (χ2v) is 4.35. The molecule has 1 amide bonds.